The molecule has 2 N–H and O–H groups in total. The standard InChI is InChI=1S/C20H19N3O4/c1-14-3-7-16(8-4-14)20(25)23-22-19(24)10-6-15-5-9-17(27-12-11-21)18(13-15)26-2/h3-10,13H,12H2,1-2H3,(H,22,24)(H,23,25)/b10-6+. The average molecular weight is 365 g/mol. The fourth-order valence-electron chi connectivity index (χ4n) is 2.13. The quantitative estimate of drug-likeness (QED) is 0.605. The number of nitrogens with one attached hydrogen (secondary N) is 2. The molecule has 2 rings (SSSR count). The van der Waals surface area contributed by atoms with Gasteiger partial charge in [0.25, 0.3) is 11.8 Å². The zero-order valence-corrected chi connectivity index (χ0v) is 15.0. The highest BCUT2D eigenvalue weighted by molar-refractivity contribution is 5.97. The second kappa shape index (κ2) is 9.63. The molecule has 2 amide bonds. The molecule has 2 aromatic carbocycles. The number of nitrogens with zero attached hydrogens (tertiary/aromatic N) is 1. The molecule has 0 saturated heterocycles. The summed E-state index contributed by atoms with van der Waals surface area (Å²) in [6.45, 7) is 1.83. The van der Waals surface area contributed by atoms with Crippen molar-refractivity contribution < 1.29 is 19.1 Å². The molecule has 0 fully saturated rings. The van der Waals surface area contributed by atoms with Gasteiger partial charge in [0.05, 0.1) is 7.11 Å². The maximum absolute atomic E-state index is 11.9. The van der Waals surface area contributed by atoms with Crippen LogP contribution in [0.2, 0.25) is 0 Å². The predicted molar refractivity (Wildman–Crippen MR) is 99.9 cm³/mol. The van der Waals surface area contributed by atoms with Gasteiger partial charge in [-0.3, -0.25) is 20.4 Å². The van der Waals surface area contributed by atoms with Crippen molar-refractivity contribution in [2.24, 2.45) is 0 Å². The second-order valence-electron chi connectivity index (χ2n) is 5.50. The number of carbonyl (C=O) groups is 2. The summed E-state index contributed by atoms with van der Waals surface area (Å²) in [6.07, 6.45) is 2.84. The molecule has 0 aliphatic carbocycles. The van der Waals surface area contributed by atoms with Crippen LogP contribution in [-0.4, -0.2) is 25.5 Å². The Morgan fingerprint density at radius 3 is 2.52 bits per heavy atom. The third-order valence-electron chi connectivity index (χ3n) is 3.52. The largest absolute Gasteiger partial charge is 0.493 e. The summed E-state index contributed by atoms with van der Waals surface area (Å²) in [4.78, 5) is 23.8. The highest BCUT2D eigenvalue weighted by atomic mass is 16.5. The Hall–Kier alpha value is -3.79. The zero-order valence-electron chi connectivity index (χ0n) is 15.0. The molecule has 0 bridgehead atoms. The molecule has 7 nitrogen and oxygen atoms in total. The third kappa shape index (κ3) is 5.90. The molecule has 138 valence electrons. The van der Waals surface area contributed by atoms with Crippen molar-refractivity contribution in [3.63, 3.8) is 0 Å². The summed E-state index contributed by atoms with van der Waals surface area (Å²) in [5.41, 5.74) is 6.84. The van der Waals surface area contributed by atoms with Crippen LogP contribution in [0.4, 0.5) is 0 Å². The molecule has 27 heavy (non-hydrogen) atoms. The Morgan fingerprint density at radius 1 is 1.11 bits per heavy atom. The Bertz CT molecular complexity index is 883. The van der Waals surface area contributed by atoms with Crippen molar-refractivity contribution in [3.8, 4) is 17.6 Å². The molecule has 0 saturated carbocycles. The van der Waals surface area contributed by atoms with Crippen LogP contribution in [-0.2, 0) is 4.79 Å². The minimum absolute atomic E-state index is 0.0887. The first-order chi connectivity index (χ1) is 13.0. The first-order valence-electron chi connectivity index (χ1n) is 8.06. The lowest BCUT2D eigenvalue weighted by molar-refractivity contribution is -0.117. The van der Waals surface area contributed by atoms with Crippen LogP contribution in [0.3, 0.4) is 0 Å². The summed E-state index contributed by atoms with van der Waals surface area (Å²) >= 11 is 0. The second-order valence-corrected chi connectivity index (χ2v) is 5.50. The van der Waals surface area contributed by atoms with E-state index in [4.69, 9.17) is 14.7 Å². The number of hydrogen-bond donors (Lipinski definition) is 2. The van der Waals surface area contributed by atoms with E-state index in [1.807, 2.05) is 25.1 Å². The number of rotatable bonds is 6. The molecule has 0 radical (unpaired) electrons. The first kappa shape index (κ1) is 19.5. The number of aryl methyl sites for hydroxylation is 1. The summed E-state index contributed by atoms with van der Waals surface area (Å²) in [6, 6.07) is 13.9. The number of methoxy groups -OCH3 is 1. The van der Waals surface area contributed by atoms with Gasteiger partial charge in [-0.1, -0.05) is 23.8 Å². The van der Waals surface area contributed by atoms with E-state index in [1.165, 1.54) is 13.2 Å². The number of benzene rings is 2. The number of hydrogen-bond acceptors (Lipinski definition) is 5. The molecule has 0 aromatic heterocycles. The Labute approximate surface area is 157 Å². The lowest BCUT2D eigenvalue weighted by atomic mass is 10.1. The fourth-order valence-corrected chi connectivity index (χ4v) is 2.13. The van der Waals surface area contributed by atoms with Gasteiger partial charge >= 0.3 is 0 Å². The van der Waals surface area contributed by atoms with Gasteiger partial charge in [-0.15, -0.1) is 0 Å². The molecule has 2 aromatic rings. The van der Waals surface area contributed by atoms with E-state index in [0.29, 0.717) is 22.6 Å². The Morgan fingerprint density at radius 2 is 1.85 bits per heavy atom. The van der Waals surface area contributed by atoms with Crippen LogP contribution in [0.5, 0.6) is 11.5 Å². The van der Waals surface area contributed by atoms with Crippen molar-refractivity contribution in [2.75, 3.05) is 13.7 Å². The van der Waals surface area contributed by atoms with Gasteiger partial charge < -0.3 is 9.47 Å². The van der Waals surface area contributed by atoms with E-state index >= 15 is 0 Å². The molecule has 0 unspecified atom stereocenters. The number of carbonyl (C=O) groups excluding carboxylic acids is 2. The van der Waals surface area contributed by atoms with Crippen LogP contribution in [0.25, 0.3) is 6.08 Å². The van der Waals surface area contributed by atoms with E-state index < -0.39 is 11.8 Å². The van der Waals surface area contributed by atoms with E-state index in [9.17, 15) is 9.59 Å². The lowest BCUT2D eigenvalue weighted by Crippen LogP contribution is -2.40. The smallest absolute Gasteiger partial charge is 0.269 e. The van der Waals surface area contributed by atoms with Crippen LogP contribution in [0.15, 0.2) is 48.5 Å². The Balaban J connectivity index is 1.93. The van der Waals surface area contributed by atoms with Crippen molar-refractivity contribution in [3.05, 3.63) is 65.2 Å². The maximum atomic E-state index is 11.9. The number of ether oxygens (including phenoxy) is 2. The van der Waals surface area contributed by atoms with Gasteiger partial charge in [-0.2, -0.15) is 5.26 Å². The summed E-state index contributed by atoms with van der Waals surface area (Å²) in [5.74, 6) is -0.0110. The fraction of sp³-hybridized carbons (Fsp3) is 0.150. The average Bonchev–Trinajstić information content (AvgIpc) is 2.69. The lowest BCUT2D eigenvalue weighted by Gasteiger charge is -2.09. The first-order valence-corrected chi connectivity index (χ1v) is 8.06. The van der Waals surface area contributed by atoms with E-state index in [0.717, 1.165) is 5.56 Å². The number of hydrazine groups is 1. The summed E-state index contributed by atoms with van der Waals surface area (Å²) < 4.78 is 10.4. The van der Waals surface area contributed by atoms with Crippen LogP contribution < -0.4 is 20.3 Å². The topological polar surface area (TPSA) is 100 Å². The molecule has 0 spiro atoms. The normalized spacial score (nSPS) is 10.1. The summed E-state index contributed by atoms with van der Waals surface area (Å²) in [7, 11) is 1.48. The van der Waals surface area contributed by atoms with E-state index in [-0.39, 0.29) is 6.61 Å². The van der Waals surface area contributed by atoms with Gasteiger partial charge in [-0.25, -0.2) is 0 Å². The van der Waals surface area contributed by atoms with Gasteiger partial charge in [-0.05, 0) is 42.8 Å². The predicted octanol–water partition coefficient (Wildman–Crippen LogP) is 2.38. The minimum Gasteiger partial charge on any atom is -0.493 e. The molecule has 7 heteroatoms. The van der Waals surface area contributed by atoms with E-state index in [2.05, 4.69) is 10.9 Å². The van der Waals surface area contributed by atoms with Crippen molar-refractivity contribution in [1.82, 2.24) is 10.9 Å². The minimum atomic E-state index is -0.487. The molecule has 0 atom stereocenters. The molecule has 0 aliphatic rings. The number of nitriles is 1. The van der Waals surface area contributed by atoms with Crippen molar-refractivity contribution >= 4 is 17.9 Å². The molecule has 0 heterocycles. The van der Waals surface area contributed by atoms with Crippen molar-refractivity contribution in [1.29, 1.82) is 5.26 Å². The summed E-state index contributed by atoms with van der Waals surface area (Å²) in [5, 5.41) is 8.56. The van der Waals surface area contributed by atoms with Gasteiger partial charge in [0, 0.05) is 11.6 Å². The highest BCUT2D eigenvalue weighted by Gasteiger charge is 2.06. The monoisotopic (exact) mass is 365 g/mol. The van der Waals surface area contributed by atoms with Crippen LogP contribution >= 0.6 is 0 Å². The zero-order chi connectivity index (χ0) is 19.6. The van der Waals surface area contributed by atoms with Gasteiger partial charge in [0.15, 0.2) is 18.1 Å². The van der Waals surface area contributed by atoms with Crippen LogP contribution in [0, 0.1) is 18.3 Å². The number of amides is 2. The van der Waals surface area contributed by atoms with E-state index in [1.54, 1.807) is 36.4 Å². The maximum Gasteiger partial charge on any atom is 0.269 e. The Kier molecular flexibility index (Phi) is 6.97. The van der Waals surface area contributed by atoms with Crippen molar-refractivity contribution in [2.45, 2.75) is 6.92 Å². The molecular weight excluding hydrogens is 346 g/mol. The molecular formula is C20H19N3O4. The van der Waals surface area contributed by atoms with Gasteiger partial charge in [0.2, 0.25) is 0 Å². The SMILES string of the molecule is COc1cc(/C=C/C(=O)NNC(=O)c2ccc(C)cc2)ccc1OCC#N. The van der Waals surface area contributed by atoms with Crippen LogP contribution in [0.1, 0.15) is 21.5 Å². The third-order valence-corrected chi connectivity index (χ3v) is 3.52. The molecule has 0 aliphatic heterocycles. The highest BCUT2D eigenvalue weighted by Crippen LogP contribution is 2.28. The van der Waals surface area contributed by atoms with Gasteiger partial charge in [0.1, 0.15) is 6.07 Å².